The van der Waals surface area contributed by atoms with Crippen LogP contribution in [-0.2, 0) is 16.4 Å². The lowest BCUT2D eigenvalue weighted by Gasteiger charge is -2.09. The van der Waals surface area contributed by atoms with Crippen LogP contribution in [0.1, 0.15) is 12.5 Å². The van der Waals surface area contributed by atoms with Gasteiger partial charge in [-0.05, 0) is 42.5 Å². The molecule has 0 aliphatic rings. The van der Waals surface area contributed by atoms with Gasteiger partial charge in [0.1, 0.15) is 11.6 Å². The van der Waals surface area contributed by atoms with E-state index >= 15 is 0 Å². The summed E-state index contributed by atoms with van der Waals surface area (Å²) < 4.78 is 36.4. The molecule has 0 atom stereocenters. The number of anilines is 1. The molecule has 0 heterocycles. The predicted molar refractivity (Wildman–Crippen MR) is 79.6 cm³/mol. The van der Waals surface area contributed by atoms with Crippen molar-refractivity contribution >= 4 is 15.5 Å². The monoisotopic (exact) mass is 309 g/mol. The van der Waals surface area contributed by atoms with Crippen molar-refractivity contribution in [1.29, 1.82) is 0 Å². The molecule has 4 nitrogen and oxygen atoms in total. The molecule has 0 spiro atoms. The number of halogens is 1. The van der Waals surface area contributed by atoms with Crippen LogP contribution >= 0.6 is 0 Å². The molecule has 0 saturated heterocycles. The van der Waals surface area contributed by atoms with Crippen LogP contribution in [0, 0.1) is 5.82 Å². The number of aromatic hydroxyl groups is 1. The van der Waals surface area contributed by atoms with Gasteiger partial charge in [-0.1, -0.05) is 6.92 Å². The van der Waals surface area contributed by atoms with Gasteiger partial charge in [0, 0.05) is 17.8 Å². The molecule has 0 aromatic heterocycles. The van der Waals surface area contributed by atoms with Crippen LogP contribution < -0.4 is 5.32 Å². The van der Waals surface area contributed by atoms with Crippen LogP contribution in [0.4, 0.5) is 10.1 Å². The third-order valence-corrected chi connectivity index (χ3v) is 4.87. The average molecular weight is 309 g/mol. The summed E-state index contributed by atoms with van der Waals surface area (Å²) in [6, 6.07) is 10.0. The fourth-order valence-electron chi connectivity index (χ4n) is 1.84. The number of rotatable bonds is 5. The minimum Gasteiger partial charge on any atom is -0.508 e. The van der Waals surface area contributed by atoms with Crippen LogP contribution in [0.5, 0.6) is 5.75 Å². The van der Waals surface area contributed by atoms with Crippen LogP contribution in [0.25, 0.3) is 0 Å². The summed E-state index contributed by atoms with van der Waals surface area (Å²) >= 11 is 0. The summed E-state index contributed by atoms with van der Waals surface area (Å²) in [5.41, 5.74) is 1.12. The number of nitrogens with one attached hydrogen (secondary N) is 1. The molecular formula is C15H16FNO3S. The van der Waals surface area contributed by atoms with Crippen molar-refractivity contribution in [2.24, 2.45) is 0 Å². The molecule has 0 aliphatic carbocycles. The maximum atomic E-state index is 13.1. The molecule has 0 saturated carbocycles. The smallest absolute Gasteiger partial charge is 0.178 e. The van der Waals surface area contributed by atoms with Crippen molar-refractivity contribution in [2.45, 2.75) is 18.4 Å². The lowest BCUT2D eigenvalue weighted by molar-refractivity contribution is 0.466. The first kappa shape index (κ1) is 15.3. The molecule has 2 rings (SSSR count). The van der Waals surface area contributed by atoms with Crippen molar-refractivity contribution in [2.75, 3.05) is 11.1 Å². The van der Waals surface area contributed by atoms with Gasteiger partial charge in [-0.15, -0.1) is 0 Å². The van der Waals surface area contributed by atoms with Crippen LogP contribution in [0.3, 0.4) is 0 Å². The Balaban J connectivity index is 2.09. The van der Waals surface area contributed by atoms with E-state index in [0.29, 0.717) is 11.3 Å². The van der Waals surface area contributed by atoms with Gasteiger partial charge in [0.05, 0.1) is 10.6 Å². The van der Waals surface area contributed by atoms with E-state index in [-0.39, 0.29) is 22.9 Å². The number of phenolic OH excluding ortho intramolecular Hbond substituents is 1. The van der Waals surface area contributed by atoms with Gasteiger partial charge in [-0.2, -0.15) is 0 Å². The molecule has 2 aromatic rings. The van der Waals surface area contributed by atoms with E-state index in [1.807, 2.05) is 0 Å². The first-order valence-electron chi connectivity index (χ1n) is 6.46. The molecule has 0 unspecified atom stereocenters. The van der Waals surface area contributed by atoms with Gasteiger partial charge in [0.25, 0.3) is 0 Å². The van der Waals surface area contributed by atoms with Crippen LogP contribution in [-0.4, -0.2) is 19.3 Å². The second-order valence-corrected chi connectivity index (χ2v) is 6.83. The van der Waals surface area contributed by atoms with Crippen molar-refractivity contribution in [3.05, 3.63) is 53.8 Å². The third-order valence-electron chi connectivity index (χ3n) is 3.12. The Bertz CT molecular complexity index is 727. The maximum Gasteiger partial charge on any atom is 0.178 e. The summed E-state index contributed by atoms with van der Waals surface area (Å²) in [5, 5.41) is 12.6. The third kappa shape index (κ3) is 3.72. The Morgan fingerprint density at radius 2 is 1.81 bits per heavy atom. The van der Waals surface area contributed by atoms with E-state index < -0.39 is 15.7 Å². The number of phenols is 1. The van der Waals surface area contributed by atoms with Gasteiger partial charge in [0.2, 0.25) is 0 Å². The Morgan fingerprint density at radius 1 is 1.14 bits per heavy atom. The van der Waals surface area contributed by atoms with E-state index in [9.17, 15) is 17.9 Å². The van der Waals surface area contributed by atoms with Gasteiger partial charge < -0.3 is 10.4 Å². The van der Waals surface area contributed by atoms with E-state index in [4.69, 9.17) is 0 Å². The molecule has 2 N–H and O–H groups in total. The second kappa shape index (κ2) is 6.13. The van der Waals surface area contributed by atoms with E-state index in [0.717, 1.165) is 0 Å². The number of hydrogen-bond acceptors (Lipinski definition) is 4. The van der Waals surface area contributed by atoms with Gasteiger partial charge in [0.15, 0.2) is 9.84 Å². The molecule has 0 fully saturated rings. The second-order valence-electron chi connectivity index (χ2n) is 4.55. The zero-order valence-corrected chi connectivity index (χ0v) is 12.3. The molecule has 21 heavy (non-hydrogen) atoms. The lowest BCUT2D eigenvalue weighted by Crippen LogP contribution is -2.04. The highest BCUT2D eigenvalue weighted by atomic mass is 32.2. The zero-order chi connectivity index (χ0) is 15.5. The predicted octanol–water partition coefficient (Wildman–Crippen LogP) is 2.94. The number of benzene rings is 2. The SMILES string of the molecule is CCS(=O)(=O)c1ccc(NCc2cc(F)ccc2O)cc1. The summed E-state index contributed by atoms with van der Waals surface area (Å²) in [5.74, 6) is -0.361. The maximum absolute atomic E-state index is 13.1. The molecule has 6 heteroatoms. The highest BCUT2D eigenvalue weighted by Gasteiger charge is 2.10. The van der Waals surface area contributed by atoms with Crippen molar-refractivity contribution in [3.8, 4) is 5.75 Å². The number of sulfone groups is 1. The molecule has 0 bridgehead atoms. The summed E-state index contributed by atoms with van der Waals surface area (Å²) in [6.07, 6.45) is 0. The lowest BCUT2D eigenvalue weighted by atomic mass is 10.2. The summed E-state index contributed by atoms with van der Waals surface area (Å²) in [6.45, 7) is 1.83. The Kier molecular flexibility index (Phi) is 4.47. The quantitative estimate of drug-likeness (QED) is 0.891. The minimum atomic E-state index is -3.21. The Morgan fingerprint density at radius 3 is 2.43 bits per heavy atom. The molecule has 112 valence electrons. The molecule has 0 radical (unpaired) electrons. The minimum absolute atomic E-state index is 0.00841. The van der Waals surface area contributed by atoms with E-state index in [1.54, 1.807) is 19.1 Å². The van der Waals surface area contributed by atoms with Crippen molar-refractivity contribution in [1.82, 2.24) is 0 Å². The highest BCUT2D eigenvalue weighted by Crippen LogP contribution is 2.20. The molecule has 0 amide bonds. The van der Waals surface area contributed by atoms with Crippen LogP contribution in [0.15, 0.2) is 47.4 Å². The van der Waals surface area contributed by atoms with Gasteiger partial charge >= 0.3 is 0 Å². The van der Waals surface area contributed by atoms with Crippen molar-refractivity contribution < 1.29 is 17.9 Å². The Hall–Kier alpha value is -2.08. The fraction of sp³-hybridized carbons (Fsp3) is 0.200. The zero-order valence-electron chi connectivity index (χ0n) is 11.5. The first-order chi connectivity index (χ1) is 9.92. The fourth-order valence-corrected chi connectivity index (χ4v) is 2.72. The van der Waals surface area contributed by atoms with Gasteiger partial charge in [-0.3, -0.25) is 0 Å². The first-order valence-corrected chi connectivity index (χ1v) is 8.11. The molecule has 2 aromatic carbocycles. The summed E-state index contributed by atoms with van der Waals surface area (Å²) in [7, 11) is -3.21. The Labute approximate surface area is 123 Å². The summed E-state index contributed by atoms with van der Waals surface area (Å²) in [4.78, 5) is 0.268. The largest absolute Gasteiger partial charge is 0.508 e. The van der Waals surface area contributed by atoms with Crippen LogP contribution in [0.2, 0.25) is 0 Å². The van der Waals surface area contributed by atoms with E-state index in [2.05, 4.69) is 5.32 Å². The van der Waals surface area contributed by atoms with Gasteiger partial charge in [-0.25, -0.2) is 12.8 Å². The topological polar surface area (TPSA) is 66.4 Å². The molecule has 0 aliphatic heterocycles. The van der Waals surface area contributed by atoms with E-state index in [1.165, 1.54) is 30.3 Å². The standard InChI is InChI=1S/C15H16FNO3S/c1-2-21(19,20)14-6-4-13(5-7-14)17-10-11-9-12(16)3-8-15(11)18/h3-9,17-18H,2,10H2,1H3. The average Bonchev–Trinajstić information content (AvgIpc) is 2.48. The highest BCUT2D eigenvalue weighted by molar-refractivity contribution is 7.91. The normalized spacial score (nSPS) is 11.3. The molecular weight excluding hydrogens is 293 g/mol. The van der Waals surface area contributed by atoms with Crippen molar-refractivity contribution in [3.63, 3.8) is 0 Å². The number of hydrogen-bond donors (Lipinski definition) is 2.